The molecule has 0 heterocycles. The lowest BCUT2D eigenvalue weighted by Gasteiger charge is -2.30. The number of benzene rings is 2. The maximum atomic E-state index is 12.9. The van der Waals surface area contributed by atoms with E-state index in [2.05, 4.69) is 88.3 Å². The van der Waals surface area contributed by atoms with Gasteiger partial charge in [0.2, 0.25) is 0 Å². The van der Waals surface area contributed by atoms with Crippen molar-refractivity contribution in [2.75, 3.05) is 7.11 Å². The number of methoxy groups -OCH3 is 1. The lowest BCUT2D eigenvalue weighted by molar-refractivity contribution is -0.134. The molecule has 0 aliphatic carbocycles. The minimum atomic E-state index is -0.189. The Morgan fingerprint density at radius 1 is 0.788 bits per heavy atom. The highest BCUT2D eigenvalue weighted by atomic mass is 16.5. The molecular formula is C30H44O3. The second kappa shape index (κ2) is 9.91. The van der Waals surface area contributed by atoms with Crippen molar-refractivity contribution in [2.24, 2.45) is 0 Å². The lowest BCUT2D eigenvalue weighted by Crippen LogP contribution is -2.19. The van der Waals surface area contributed by atoms with Gasteiger partial charge in [-0.2, -0.15) is 0 Å². The van der Waals surface area contributed by atoms with Crippen molar-refractivity contribution in [3.63, 3.8) is 0 Å². The van der Waals surface area contributed by atoms with Crippen LogP contribution in [0.4, 0.5) is 0 Å². The van der Waals surface area contributed by atoms with Crippen LogP contribution in [0.5, 0.6) is 11.5 Å². The lowest BCUT2D eigenvalue weighted by atomic mass is 9.77. The number of ether oxygens (including phenoxy) is 2. The monoisotopic (exact) mass is 452 g/mol. The molecule has 2 aromatic carbocycles. The fourth-order valence-electron chi connectivity index (χ4n) is 4.31. The zero-order chi connectivity index (χ0) is 25.3. The zero-order valence-electron chi connectivity index (χ0n) is 23.0. The van der Waals surface area contributed by atoms with Gasteiger partial charge in [-0.25, -0.2) is 0 Å². The van der Waals surface area contributed by atoms with Gasteiger partial charge in [-0.05, 0) is 67.2 Å². The molecule has 3 heteroatoms. The summed E-state index contributed by atoms with van der Waals surface area (Å²) in [5, 5.41) is 0. The Hall–Kier alpha value is -2.29. The van der Waals surface area contributed by atoms with Gasteiger partial charge in [-0.3, -0.25) is 4.79 Å². The molecule has 0 N–H and O–H groups in total. The van der Waals surface area contributed by atoms with Crippen LogP contribution in [0.15, 0.2) is 12.1 Å². The van der Waals surface area contributed by atoms with Gasteiger partial charge in [0.05, 0.1) is 7.11 Å². The van der Waals surface area contributed by atoms with Gasteiger partial charge < -0.3 is 9.47 Å². The highest BCUT2D eigenvalue weighted by Gasteiger charge is 2.31. The molecule has 0 saturated heterocycles. The van der Waals surface area contributed by atoms with E-state index in [1.807, 2.05) is 0 Å². The summed E-state index contributed by atoms with van der Waals surface area (Å²) in [7, 11) is 1.74. The van der Waals surface area contributed by atoms with Crippen LogP contribution < -0.4 is 9.47 Å². The molecule has 0 bridgehead atoms. The normalized spacial score (nSPS) is 12.1. The van der Waals surface area contributed by atoms with E-state index >= 15 is 0 Å². The van der Waals surface area contributed by atoms with Crippen LogP contribution in [-0.4, -0.2) is 13.1 Å². The van der Waals surface area contributed by atoms with Gasteiger partial charge in [0.1, 0.15) is 11.5 Å². The van der Waals surface area contributed by atoms with Crippen molar-refractivity contribution in [2.45, 2.75) is 106 Å². The summed E-state index contributed by atoms with van der Waals surface area (Å²) < 4.78 is 12.3. The summed E-state index contributed by atoms with van der Waals surface area (Å²) in [6, 6.07) is 4.42. The number of rotatable bonds is 6. The molecule has 0 saturated carbocycles. The maximum absolute atomic E-state index is 12.9. The van der Waals surface area contributed by atoms with Crippen LogP contribution in [0.2, 0.25) is 0 Å². The second-order valence-corrected chi connectivity index (χ2v) is 11.4. The minimum absolute atomic E-state index is 0.0961. The second-order valence-electron chi connectivity index (χ2n) is 11.4. The van der Waals surface area contributed by atoms with E-state index in [0.29, 0.717) is 12.2 Å². The summed E-state index contributed by atoms with van der Waals surface area (Å²) in [5.41, 5.74) is 8.59. The molecule has 182 valence electrons. The van der Waals surface area contributed by atoms with Gasteiger partial charge in [-0.1, -0.05) is 67.0 Å². The quantitative estimate of drug-likeness (QED) is 0.327. The molecule has 2 aromatic rings. The first-order valence-electron chi connectivity index (χ1n) is 12.2. The van der Waals surface area contributed by atoms with Crippen LogP contribution in [-0.2, 0) is 15.6 Å². The van der Waals surface area contributed by atoms with Crippen molar-refractivity contribution in [1.29, 1.82) is 0 Å². The van der Waals surface area contributed by atoms with E-state index in [1.54, 1.807) is 7.11 Å². The molecule has 2 rings (SSSR count). The Morgan fingerprint density at radius 2 is 1.21 bits per heavy atom. The molecule has 0 aliphatic rings. The molecule has 0 amide bonds. The van der Waals surface area contributed by atoms with Crippen LogP contribution in [0, 0.1) is 27.7 Å². The van der Waals surface area contributed by atoms with Crippen molar-refractivity contribution in [3.05, 3.63) is 45.5 Å². The Morgan fingerprint density at radius 3 is 1.61 bits per heavy atom. The molecule has 0 aromatic heterocycles. The summed E-state index contributed by atoms with van der Waals surface area (Å²) >= 11 is 0. The SMILES string of the molecule is CCCCC(=O)Oc1c(C(C)(C)C)cc(C)c(C)c1-c1c(C)c(C)cc(C(C)(C)C)c1OC. The van der Waals surface area contributed by atoms with E-state index in [-0.39, 0.29) is 16.8 Å². The zero-order valence-corrected chi connectivity index (χ0v) is 23.0. The van der Waals surface area contributed by atoms with Crippen molar-refractivity contribution < 1.29 is 14.3 Å². The third-order valence-electron chi connectivity index (χ3n) is 6.62. The van der Waals surface area contributed by atoms with E-state index in [0.717, 1.165) is 52.0 Å². The minimum Gasteiger partial charge on any atom is -0.496 e. The van der Waals surface area contributed by atoms with Crippen LogP contribution >= 0.6 is 0 Å². The van der Waals surface area contributed by atoms with E-state index < -0.39 is 0 Å². The van der Waals surface area contributed by atoms with Gasteiger partial charge in [-0.15, -0.1) is 0 Å². The highest BCUT2D eigenvalue weighted by molar-refractivity contribution is 5.88. The fraction of sp³-hybridized carbons (Fsp3) is 0.567. The number of esters is 1. The molecule has 33 heavy (non-hydrogen) atoms. The standard InChI is InChI=1S/C30H44O3/c1-13-14-15-24(31)33-28-23(30(9,10)11)17-19(3)21(5)26(28)25-20(4)18(2)16-22(27(25)32-12)29(6,7)8/h16-17H,13-15H2,1-12H3. The van der Waals surface area contributed by atoms with Crippen LogP contribution in [0.3, 0.4) is 0 Å². The third kappa shape index (κ3) is 5.62. The van der Waals surface area contributed by atoms with Crippen LogP contribution in [0.25, 0.3) is 11.1 Å². The summed E-state index contributed by atoms with van der Waals surface area (Å²) in [4.78, 5) is 12.9. The topological polar surface area (TPSA) is 35.5 Å². The smallest absolute Gasteiger partial charge is 0.311 e. The van der Waals surface area contributed by atoms with Gasteiger partial charge in [0.15, 0.2) is 0 Å². The van der Waals surface area contributed by atoms with E-state index in [9.17, 15) is 4.79 Å². The first kappa shape index (κ1) is 27.0. The van der Waals surface area contributed by atoms with Gasteiger partial charge in [0, 0.05) is 28.7 Å². The highest BCUT2D eigenvalue weighted by Crippen LogP contribution is 2.50. The predicted molar refractivity (Wildman–Crippen MR) is 140 cm³/mol. The summed E-state index contributed by atoms with van der Waals surface area (Å²) in [6.45, 7) is 23.8. The number of unbranched alkanes of at least 4 members (excludes halogenated alkanes) is 1. The molecule has 0 fully saturated rings. The average Bonchev–Trinajstić information content (AvgIpc) is 2.69. The summed E-state index contributed by atoms with van der Waals surface area (Å²) in [5.74, 6) is 1.37. The average molecular weight is 453 g/mol. The van der Waals surface area contributed by atoms with Gasteiger partial charge in [0.25, 0.3) is 0 Å². The predicted octanol–water partition coefficient (Wildman–Crippen LogP) is 8.29. The summed E-state index contributed by atoms with van der Waals surface area (Å²) in [6.07, 6.45) is 2.20. The molecule has 0 spiro atoms. The van der Waals surface area contributed by atoms with Gasteiger partial charge >= 0.3 is 5.97 Å². The first-order valence-corrected chi connectivity index (χ1v) is 12.2. The fourth-order valence-corrected chi connectivity index (χ4v) is 4.31. The number of hydrogen-bond acceptors (Lipinski definition) is 3. The van der Waals surface area contributed by atoms with Crippen molar-refractivity contribution in [1.82, 2.24) is 0 Å². The van der Waals surface area contributed by atoms with Crippen molar-refractivity contribution in [3.8, 4) is 22.6 Å². The number of carbonyl (C=O) groups is 1. The molecule has 3 nitrogen and oxygen atoms in total. The number of hydrogen-bond donors (Lipinski definition) is 0. The maximum Gasteiger partial charge on any atom is 0.311 e. The largest absolute Gasteiger partial charge is 0.496 e. The first-order chi connectivity index (χ1) is 15.1. The molecule has 0 unspecified atom stereocenters. The number of carbonyl (C=O) groups excluding carboxylic acids is 1. The Balaban J connectivity index is 3.05. The Labute approximate surface area is 201 Å². The van der Waals surface area contributed by atoms with Crippen molar-refractivity contribution >= 4 is 5.97 Å². The number of aryl methyl sites for hydroxylation is 2. The van der Waals surface area contributed by atoms with E-state index in [1.165, 1.54) is 11.1 Å². The molecule has 0 atom stereocenters. The van der Waals surface area contributed by atoms with Crippen LogP contribution in [0.1, 0.15) is 101 Å². The molecule has 0 aliphatic heterocycles. The molecule has 0 radical (unpaired) electrons. The molecular weight excluding hydrogens is 408 g/mol. The van der Waals surface area contributed by atoms with E-state index in [4.69, 9.17) is 9.47 Å². The Bertz CT molecular complexity index is 1030. The third-order valence-corrected chi connectivity index (χ3v) is 6.62. The Kier molecular flexibility index (Phi) is 8.10.